The van der Waals surface area contributed by atoms with E-state index in [-0.39, 0.29) is 0 Å². The monoisotopic (exact) mass is 222 g/mol. The van der Waals surface area contributed by atoms with E-state index in [1.807, 2.05) is 12.1 Å². The molecule has 2 atom stereocenters. The van der Waals surface area contributed by atoms with Crippen LogP contribution < -0.4 is 4.74 Å². The van der Waals surface area contributed by atoms with E-state index >= 15 is 0 Å². The fourth-order valence-electron chi connectivity index (χ4n) is 2.07. The zero-order valence-corrected chi connectivity index (χ0v) is 9.01. The number of rotatable bonds is 2. The van der Waals surface area contributed by atoms with Crippen molar-refractivity contribution in [1.82, 2.24) is 0 Å². The summed E-state index contributed by atoms with van der Waals surface area (Å²) in [5, 5.41) is 19.0. The van der Waals surface area contributed by atoms with Gasteiger partial charge in [-0.15, -0.1) is 0 Å². The van der Waals surface area contributed by atoms with E-state index < -0.39 is 17.5 Å². The third-order valence-electron chi connectivity index (χ3n) is 3.07. The Balaban J connectivity index is 2.42. The summed E-state index contributed by atoms with van der Waals surface area (Å²) in [6, 6.07) is 7.24. The molecule has 0 radical (unpaired) electrons. The fourth-order valence-corrected chi connectivity index (χ4v) is 2.07. The predicted molar refractivity (Wildman–Crippen MR) is 57.6 cm³/mol. The van der Waals surface area contributed by atoms with Crippen molar-refractivity contribution < 1.29 is 19.7 Å². The van der Waals surface area contributed by atoms with Crippen molar-refractivity contribution in [3.8, 4) is 5.75 Å². The van der Waals surface area contributed by atoms with Gasteiger partial charge in [0.1, 0.15) is 5.75 Å². The zero-order chi connectivity index (χ0) is 11.8. The maximum Gasteiger partial charge on any atom is 0.336 e. The second-order valence-electron chi connectivity index (χ2n) is 4.18. The number of para-hydroxylation sites is 1. The van der Waals surface area contributed by atoms with Gasteiger partial charge in [0, 0.05) is 11.5 Å². The van der Waals surface area contributed by atoms with Crippen molar-refractivity contribution in [1.29, 1.82) is 0 Å². The molecule has 1 heterocycles. The molecule has 0 amide bonds. The Morgan fingerprint density at radius 2 is 2.19 bits per heavy atom. The molecule has 4 nitrogen and oxygen atoms in total. The molecule has 4 heteroatoms. The second kappa shape index (κ2) is 3.79. The standard InChI is InChI=1S/C12H14O4/c1-12(15,11(13)14)9-6-7-16-10-5-3-2-4-8(9)10/h2-5,9,15H,6-7H2,1H3,(H,13,14). The highest BCUT2D eigenvalue weighted by atomic mass is 16.5. The molecule has 0 saturated carbocycles. The number of carboxylic acid groups (broad SMARTS) is 1. The Labute approximate surface area is 93.5 Å². The van der Waals surface area contributed by atoms with Crippen LogP contribution in [-0.4, -0.2) is 28.4 Å². The average molecular weight is 222 g/mol. The molecule has 2 N–H and O–H groups in total. The normalized spacial score (nSPS) is 22.8. The zero-order valence-electron chi connectivity index (χ0n) is 9.01. The number of ether oxygens (including phenoxy) is 1. The minimum Gasteiger partial charge on any atom is -0.493 e. The van der Waals surface area contributed by atoms with Gasteiger partial charge in [-0.25, -0.2) is 4.79 Å². The predicted octanol–water partition coefficient (Wildman–Crippen LogP) is 1.39. The number of fused-ring (bicyclic) bond motifs is 1. The lowest BCUT2D eigenvalue weighted by molar-refractivity contribution is -0.159. The molecule has 1 aromatic rings. The van der Waals surface area contributed by atoms with Crippen molar-refractivity contribution >= 4 is 5.97 Å². The van der Waals surface area contributed by atoms with Crippen LogP contribution in [0.1, 0.15) is 24.8 Å². The highest BCUT2D eigenvalue weighted by molar-refractivity contribution is 5.78. The Bertz CT molecular complexity index is 411. The van der Waals surface area contributed by atoms with Crippen LogP contribution >= 0.6 is 0 Å². The number of aliphatic hydroxyl groups is 1. The first-order chi connectivity index (χ1) is 7.53. The van der Waals surface area contributed by atoms with Crippen LogP contribution in [0.25, 0.3) is 0 Å². The molecule has 0 aliphatic carbocycles. The second-order valence-corrected chi connectivity index (χ2v) is 4.18. The summed E-state index contributed by atoms with van der Waals surface area (Å²) in [4.78, 5) is 11.0. The first-order valence-corrected chi connectivity index (χ1v) is 5.21. The number of carboxylic acids is 1. The van der Waals surface area contributed by atoms with E-state index in [2.05, 4.69) is 0 Å². The summed E-state index contributed by atoms with van der Waals surface area (Å²) < 4.78 is 5.42. The highest BCUT2D eigenvalue weighted by Gasteiger charge is 2.42. The maximum atomic E-state index is 11.0. The first kappa shape index (κ1) is 11.0. The van der Waals surface area contributed by atoms with Gasteiger partial charge in [-0.3, -0.25) is 0 Å². The summed E-state index contributed by atoms with van der Waals surface area (Å²) >= 11 is 0. The average Bonchev–Trinajstić information content (AvgIpc) is 2.28. The van der Waals surface area contributed by atoms with Gasteiger partial charge in [-0.05, 0) is 19.4 Å². The van der Waals surface area contributed by atoms with E-state index in [4.69, 9.17) is 9.84 Å². The lowest BCUT2D eigenvalue weighted by atomic mass is 9.80. The number of hydrogen-bond acceptors (Lipinski definition) is 3. The number of benzene rings is 1. The van der Waals surface area contributed by atoms with E-state index in [1.54, 1.807) is 12.1 Å². The van der Waals surface area contributed by atoms with Crippen molar-refractivity contribution in [3.05, 3.63) is 29.8 Å². The Hall–Kier alpha value is -1.55. The smallest absolute Gasteiger partial charge is 0.336 e. The quantitative estimate of drug-likeness (QED) is 0.793. The summed E-state index contributed by atoms with van der Waals surface area (Å²) in [6.45, 7) is 1.77. The molecule has 0 fully saturated rings. The molecule has 1 aromatic carbocycles. The molecule has 1 aliphatic rings. The molecule has 0 spiro atoms. The first-order valence-electron chi connectivity index (χ1n) is 5.21. The topological polar surface area (TPSA) is 66.8 Å². The molecule has 86 valence electrons. The number of hydrogen-bond donors (Lipinski definition) is 2. The van der Waals surface area contributed by atoms with Crippen molar-refractivity contribution in [2.45, 2.75) is 24.9 Å². The third kappa shape index (κ3) is 1.65. The number of carbonyl (C=O) groups is 1. The lowest BCUT2D eigenvalue weighted by Gasteiger charge is -2.33. The number of aliphatic carboxylic acids is 1. The van der Waals surface area contributed by atoms with Crippen LogP contribution in [0.15, 0.2) is 24.3 Å². The third-order valence-corrected chi connectivity index (χ3v) is 3.07. The van der Waals surface area contributed by atoms with Gasteiger partial charge in [0.05, 0.1) is 6.61 Å². The van der Waals surface area contributed by atoms with Gasteiger partial charge in [-0.1, -0.05) is 18.2 Å². The van der Waals surface area contributed by atoms with E-state index in [0.717, 1.165) is 5.56 Å². The molecule has 1 aliphatic heterocycles. The molecule has 16 heavy (non-hydrogen) atoms. The largest absolute Gasteiger partial charge is 0.493 e. The van der Waals surface area contributed by atoms with Gasteiger partial charge >= 0.3 is 5.97 Å². The van der Waals surface area contributed by atoms with Gasteiger partial charge in [0.2, 0.25) is 0 Å². The molecule has 0 saturated heterocycles. The van der Waals surface area contributed by atoms with E-state index in [0.29, 0.717) is 18.8 Å². The summed E-state index contributed by atoms with van der Waals surface area (Å²) in [7, 11) is 0. The van der Waals surface area contributed by atoms with Gasteiger partial charge in [0.15, 0.2) is 5.60 Å². The van der Waals surface area contributed by atoms with Crippen LogP contribution in [0, 0.1) is 0 Å². The van der Waals surface area contributed by atoms with Crippen LogP contribution in [-0.2, 0) is 4.79 Å². The van der Waals surface area contributed by atoms with E-state index in [9.17, 15) is 9.90 Å². The van der Waals surface area contributed by atoms with Crippen molar-refractivity contribution in [2.24, 2.45) is 0 Å². The fraction of sp³-hybridized carbons (Fsp3) is 0.417. The molecule has 0 aromatic heterocycles. The van der Waals surface area contributed by atoms with Crippen molar-refractivity contribution in [3.63, 3.8) is 0 Å². The SMILES string of the molecule is CC(O)(C(=O)O)C1CCOc2ccccc21. The maximum absolute atomic E-state index is 11.0. The van der Waals surface area contributed by atoms with Crippen molar-refractivity contribution in [2.75, 3.05) is 6.61 Å². The van der Waals surface area contributed by atoms with Crippen LogP contribution in [0.3, 0.4) is 0 Å². The molecule has 2 rings (SSSR count). The summed E-state index contributed by atoms with van der Waals surface area (Å²) in [5.74, 6) is -0.954. The summed E-state index contributed by atoms with van der Waals surface area (Å²) in [5.41, 5.74) is -0.985. The Kier molecular flexibility index (Phi) is 2.59. The minimum atomic E-state index is -1.75. The van der Waals surface area contributed by atoms with Gasteiger partial charge in [-0.2, -0.15) is 0 Å². The molecule has 0 bridgehead atoms. The van der Waals surface area contributed by atoms with Crippen LogP contribution in [0.4, 0.5) is 0 Å². The molecule has 2 unspecified atom stereocenters. The minimum absolute atomic E-state index is 0.421. The van der Waals surface area contributed by atoms with Gasteiger partial charge in [0.25, 0.3) is 0 Å². The highest BCUT2D eigenvalue weighted by Crippen LogP contribution is 2.40. The lowest BCUT2D eigenvalue weighted by Crippen LogP contribution is -2.43. The molecular weight excluding hydrogens is 208 g/mol. The Morgan fingerprint density at radius 1 is 1.50 bits per heavy atom. The summed E-state index contributed by atoms with van der Waals surface area (Å²) in [6.07, 6.45) is 0.510. The van der Waals surface area contributed by atoms with Crippen LogP contribution in [0.2, 0.25) is 0 Å². The van der Waals surface area contributed by atoms with Crippen LogP contribution in [0.5, 0.6) is 5.75 Å². The Morgan fingerprint density at radius 3 is 2.88 bits per heavy atom. The van der Waals surface area contributed by atoms with Gasteiger partial charge < -0.3 is 14.9 Å². The van der Waals surface area contributed by atoms with E-state index in [1.165, 1.54) is 6.92 Å². The molecular formula is C12H14O4.